The molecule has 0 aliphatic heterocycles. The monoisotopic (exact) mass is 228 g/mol. The standard InChI is InChI=1S/C6H4ClF3N2O2/c7-3-1-11-12(2-6(8,9)10)4(3)5(13)14/h1H,2H2,(H,13,14). The lowest BCUT2D eigenvalue weighted by molar-refractivity contribution is -0.142. The highest BCUT2D eigenvalue weighted by molar-refractivity contribution is 6.33. The molecule has 14 heavy (non-hydrogen) atoms. The molecule has 0 aliphatic rings. The van der Waals surface area contributed by atoms with Crippen LogP contribution in [0, 0.1) is 0 Å². The number of halogens is 4. The van der Waals surface area contributed by atoms with E-state index in [4.69, 9.17) is 16.7 Å². The number of carboxylic acid groups (broad SMARTS) is 1. The second-order valence-corrected chi connectivity index (χ2v) is 2.83. The van der Waals surface area contributed by atoms with Crippen LogP contribution < -0.4 is 0 Å². The summed E-state index contributed by atoms with van der Waals surface area (Å²) in [4.78, 5) is 10.5. The first-order valence-corrected chi connectivity index (χ1v) is 3.70. The van der Waals surface area contributed by atoms with Gasteiger partial charge in [0.05, 0.1) is 11.2 Å². The summed E-state index contributed by atoms with van der Waals surface area (Å²) in [5.74, 6) is -1.54. The van der Waals surface area contributed by atoms with E-state index in [-0.39, 0.29) is 5.02 Å². The van der Waals surface area contributed by atoms with Gasteiger partial charge < -0.3 is 5.11 Å². The second-order valence-electron chi connectivity index (χ2n) is 2.42. The number of carbonyl (C=O) groups is 1. The minimum Gasteiger partial charge on any atom is -0.476 e. The molecule has 78 valence electrons. The zero-order valence-corrected chi connectivity index (χ0v) is 7.30. The van der Waals surface area contributed by atoms with Crippen molar-refractivity contribution in [2.45, 2.75) is 12.7 Å². The van der Waals surface area contributed by atoms with Gasteiger partial charge in [0.2, 0.25) is 0 Å². The molecular weight excluding hydrogens is 225 g/mol. The van der Waals surface area contributed by atoms with Gasteiger partial charge in [-0.3, -0.25) is 0 Å². The van der Waals surface area contributed by atoms with E-state index in [9.17, 15) is 18.0 Å². The predicted molar refractivity (Wildman–Crippen MR) is 40.3 cm³/mol. The van der Waals surface area contributed by atoms with Crippen molar-refractivity contribution in [1.82, 2.24) is 9.78 Å². The first kappa shape index (κ1) is 10.8. The smallest absolute Gasteiger partial charge is 0.408 e. The molecule has 0 aliphatic carbocycles. The van der Waals surface area contributed by atoms with Gasteiger partial charge >= 0.3 is 12.1 Å². The van der Waals surface area contributed by atoms with E-state index in [1.54, 1.807) is 0 Å². The summed E-state index contributed by atoms with van der Waals surface area (Å²) in [6, 6.07) is 0. The maximum atomic E-state index is 11.9. The Hall–Kier alpha value is -1.24. The number of rotatable bonds is 2. The van der Waals surface area contributed by atoms with Crippen LogP contribution in [-0.4, -0.2) is 27.0 Å². The molecule has 0 fully saturated rings. The largest absolute Gasteiger partial charge is 0.476 e. The van der Waals surface area contributed by atoms with Crippen LogP contribution in [0.2, 0.25) is 5.02 Å². The lowest BCUT2D eigenvalue weighted by atomic mass is 10.4. The summed E-state index contributed by atoms with van der Waals surface area (Å²) in [6.07, 6.45) is -3.67. The van der Waals surface area contributed by atoms with Crippen LogP contribution in [-0.2, 0) is 6.54 Å². The zero-order chi connectivity index (χ0) is 10.9. The molecular formula is C6H4ClF3N2O2. The van der Waals surface area contributed by atoms with E-state index in [0.29, 0.717) is 4.68 Å². The van der Waals surface area contributed by atoms with Crippen molar-refractivity contribution in [3.8, 4) is 0 Å². The third-order valence-corrected chi connectivity index (χ3v) is 1.60. The summed E-state index contributed by atoms with van der Waals surface area (Å²) in [7, 11) is 0. The molecule has 8 heteroatoms. The maximum absolute atomic E-state index is 11.9. The number of hydrogen-bond acceptors (Lipinski definition) is 2. The number of carboxylic acids is 1. The SMILES string of the molecule is O=C(O)c1c(Cl)cnn1CC(F)(F)F. The highest BCUT2D eigenvalue weighted by Crippen LogP contribution is 2.21. The Morgan fingerprint density at radius 1 is 1.64 bits per heavy atom. The average Bonchev–Trinajstić information content (AvgIpc) is 2.27. The first-order chi connectivity index (χ1) is 6.31. The third kappa shape index (κ3) is 2.38. The molecule has 4 nitrogen and oxygen atoms in total. The van der Waals surface area contributed by atoms with Gasteiger partial charge in [-0.25, -0.2) is 9.48 Å². The lowest BCUT2D eigenvalue weighted by Gasteiger charge is -2.07. The molecule has 0 radical (unpaired) electrons. The summed E-state index contributed by atoms with van der Waals surface area (Å²) < 4.78 is 36.0. The van der Waals surface area contributed by atoms with Gasteiger partial charge in [0.1, 0.15) is 6.54 Å². The minimum absolute atomic E-state index is 0.296. The summed E-state index contributed by atoms with van der Waals surface area (Å²) in [5, 5.41) is 11.4. The fourth-order valence-corrected chi connectivity index (χ4v) is 1.09. The van der Waals surface area contributed by atoms with Gasteiger partial charge in [0.25, 0.3) is 0 Å². The van der Waals surface area contributed by atoms with Gasteiger partial charge in [-0.05, 0) is 0 Å². The van der Waals surface area contributed by atoms with E-state index in [2.05, 4.69) is 5.10 Å². The molecule has 1 aromatic rings. The van der Waals surface area contributed by atoms with Crippen LogP contribution in [0.4, 0.5) is 13.2 Å². The van der Waals surface area contributed by atoms with Gasteiger partial charge in [-0.1, -0.05) is 11.6 Å². The van der Waals surface area contributed by atoms with Gasteiger partial charge in [-0.15, -0.1) is 0 Å². The Balaban J connectivity index is 3.04. The summed E-state index contributed by atoms with van der Waals surface area (Å²) in [6.45, 7) is -1.47. The summed E-state index contributed by atoms with van der Waals surface area (Å²) in [5.41, 5.74) is -0.663. The number of hydrogen-bond donors (Lipinski definition) is 1. The van der Waals surface area contributed by atoms with Crippen molar-refractivity contribution in [3.63, 3.8) is 0 Å². The normalized spacial score (nSPS) is 11.7. The Morgan fingerprint density at radius 2 is 2.21 bits per heavy atom. The van der Waals surface area contributed by atoms with Crippen LogP contribution in [0.3, 0.4) is 0 Å². The van der Waals surface area contributed by atoms with Crippen LogP contribution >= 0.6 is 11.6 Å². The van der Waals surface area contributed by atoms with E-state index >= 15 is 0 Å². The Labute approximate surface area is 80.9 Å². The maximum Gasteiger partial charge on any atom is 0.408 e. The van der Waals surface area contributed by atoms with E-state index in [0.717, 1.165) is 6.20 Å². The first-order valence-electron chi connectivity index (χ1n) is 3.32. The third-order valence-electron chi connectivity index (χ3n) is 1.33. The van der Waals surface area contributed by atoms with E-state index < -0.39 is 24.4 Å². The molecule has 0 saturated carbocycles. The Bertz CT molecular complexity index is 360. The molecule has 1 aromatic heterocycles. The van der Waals surface area contributed by atoms with Crippen LogP contribution in [0.1, 0.15) is 10.5 Å². The van der Waals surface area contributed by atoms with Crippen molar-refractivity contribution in [3.05, 3.63) is 16.9 Å². The number of aromatic nitrogens is 2. The quantitative estimate of drug-likeness (QED) is 0.840. The molecule has 1 rings (SSSR count). The zero-order valence-electron chi connectivity index (χ0n) is 6.55. The Kier molecular flexibility index (Phi) is 2.70. The molecule has 1 N–H and O–H groups in total. The highest BCUT2D eigenvalue weighted by Gasteiger charge is 2.31. The predicted octanol–water partition coefficient (Wildman–Crippen LogP) is 1.80. The number of aromatic carboxylic acids is 1. The molecule has 0 unspecified atom stereocenters. The van der Waals surface area contributed by atoms with Crippen molar-refractivity contribution >= 4 is 17.6 Å². The molecule has 0 amide bonds. The average molecular weight is 229 g/mol. The molecule has 0 spiro atoms. The van der Waals surface area contributed by atoms with Gasteiger partial charge in [-0.2, -0.15) is 18.3 Å². The van der Waals surface area contributed by atoms with Gasteiger partial charge in [0.15, 0.2) is 5.69 Å². The van der Waals surface area contributed by atoms with Crippen molar-refractivity contribution in [1.29, 1.82) is 0 Å². The van der Waals surface area contributed by atoms with E-state index in [1.165, 1.54) is 0 Å². The second kappa shape index (κ2) is 3.49. The van der Waals surface area contributed by atoms with Crippen LogP contribution in [0.15, 0.2) is 6.20 Å². The van der Waals surface area contributed by atoms with Crippen LogP contribution in [0.25, 0.3) is 0 Å². The van der Waals surface area contributed by atoms with Crippen molar-refractivity contribution in [2.75, 3.05) is 0 Å². The van der Waals surface area contributed by atoms with Crippen molar-refractivity contribution < 1.29 is 23.1 Å². The topological polar surface area (TPSA) is 55.1 Å². The molecule has 1 heterocycles. The highest BCUT2D eigenvalue weighted by atomic mass is 35.5. The van der Waals surface area contributed by atoms with Gasteiger partial charge in [0, 0.05) is 0 Å². The Morgan fingerprint density at radius 3 is 2.64 bits per heavy atom. The number of nitrogens with zero attached hydrogens (tertiary/aromatic N) is 2. The minimum atomic E-state index is -4.53. The van der Waals surface area contributed by atoms with E-state index in [1.807, 2.05) is 0 Å². The molecule has 0 saturated heterocycles. The number of alkyl halides is 3. The van der Waals surface area contributed by atoms with Crippen LogP contribution in [0.5, 0.6) is 0 Å². The molecule has 0 bridgehead atoms. The lowest BCUT2D eigenvalue weighted by Crippen LogP contribution is -2.22. The molecule has 0 atom stereocenters. The molecule has 0 aromatic carbocycles. The summed E-state index contributed by atoms with van der Waals surface area (Å²) >= 11 is 5.34. The fourth-order valence-electron chi connectivity index (χ4n) is 0.865. The fraction of sp³-hybridized carbons (Fsp3) is 0.333. The van der Waals surface area contributed by atoms with Crippen molar-refractivity contribution in [2.24, 2.45) is 0 Å².